The summed E-state index contributed by atoms with van der Waals surface area (Å²) in [7, 11) is 0. The number of hydrogen-bond acceptors (Lipinski definition) is 7. The van der Waals surface area contributed by atoms with Crippen LogP contribution < -0.4 is 10.6 Å². The molecule has 0 aliphatic carbocycles. The summed E-state index contributed by atoms with van der Waals surface area (Å²) in [4.78, 5) is 23.2. The highest BCUT2D eigenvalue weighted by molar-refractivity contribution is 5.89. The number of aliphatic hydroxyl groups is 3. The number of carbonyl (C=O) groups is 2. The molecule has 0 aromatic heterocycles. The Bertz CT molecular complexity index is 656. The zero-order valence-electron chi connectivity index (χ0n) is 13.6. The Morgan fingerprint density at radius 1 is 1.16 bits per heavy atom. The van der Waals surface area contributed by atoms with E-state index in [1.165, 1.54) is 18.2 Å². The molecule has 25 heavy (non-hydrogen) atoms. The fraction of sp³-hybridized carbons (Fsp3) is 0.250. The van der Waals surface area contributed by atoms with E-state index in [9.17, 15) is 9.59 Å². The van der Waals surface area contributed by atoms with Crippen molar-refractivity contribution in [3.63, 3.8) is 0 Å². The first kappa shape index (κ1) is 19.8. The Morgan fingerprint density at radius 2 is 1.88 bits per heavy atom. The van der Waals surface area contributed by atoms with Gasteiger partial charge in [0.1, 0.15) is 12.9 Å². The van der Waals surface area contributed by atoms with Crippen LogP contribution in [0.15, 0.2) is 42.4 Å². The number of ether oxygens (including phenoxy) is 2. The monoisotopic (exact) mass is 352 g/mol. The average molecular weight is 352 g/mol. The first-order valence-electron chi connectivity index (χ1n) is 7.22. The summed E-state index contributed by atoms with van der Waals surface area (Å²) < 4.78 is 9.54. The van der Waals surface area contributed by atoms with Crippen LogP contribution in [0.25, 0.3) is 0 Å². The zero-order valence-corrected chi connectivity index (χ0v) is 13.6. The summed E-state index contributed by atoms with van der Waals surface area (Å²) in [5.41, 5.74) is 1.51. The maximum absolute atomic E-state index is 11.7. The van der Waals surface area contributed by atoms with Gasteiger partial charge in [0.2, 0.25) is 0 Å². The van der Waals surface area contributed by atoms with Crippen molar-refractivity contribution in [2.45, 2.75) is 6.92 Å². The van der Waals surface area contributed by atoms with Gasteiger partial charge in [-0.15, -0.1) is 0 Å². The molecule has 9 heteroatoms. The molecule has 0 aliphatic rings. The molecule has 1 aromatic rings. The summed E-state index contributed by atoms with van der Waals surface area (Å²) in [6, 6.07) is 4.77. The van der Waals surface area contributed by atoms with Gasteiger partial charge in [-0.2, -0.15) is 0 Å². The fourth-order valence-corrected chi connectivity index (χ4v) is 1.58. The number of hydrogen-bond donors (Lipinski definition) is 5. The van der Waals surface area contributed by atoms with Gasteiger partial charge in [-0.3, -0.25) is 10.6 Å². The molecule has 0 radical (unpaired) electrons. The largest absolute Gasteiger partial charge is 0.512 e. The predicted octanol–water partition coefficient (Wildman–Crippen LogP) is 2.60. The van der Waals surface area contributed by atoms with E-state index in [-0.39, 0.29) is 13.2 Å². The Balaban J connectivity index is 2.61. The standard InChI is InChI=1S/C16H20N2O7/c1-11-4-5-12(17-15(22)25-10-13(21)9-20)8-14(11)18-16(23)24-7-3-2-6-19/h2-5,8-9,19-21H,6-7,10H2,1H3,(H,17,22)(H,18,23). The van der Waals surface area contributed by atoms with Gasteiger partial charge < -0.3 is 24.8 Å². The third-order valence-electron chi connectivity index (χ3n) is 2.80. The number of aryl methyl sites for hydroxylation is 1. The molecule has 1 rings (SSSR count). The quantitative estimate of drug-likeness (QED) is 0.375. The number of nitrogens with one attached hydrogen (secondary N) is 2. The highest BCUT2D eigenvalue weighted by Gasteiger charge is 2.09. The highest BCUT2D eigenvalue weighted by atomic mass is 16.6. The van der Waals surface area contributed by atoms with Gasteiger partial charge in [-0.05, 0) is 30.7 Å². The minimum Gasteiger partial charge on any atom is -0.512 e. The molecule has 2 amide bonds. The second-order valence-corrected chi connectivity index (χ2v) is 4.73. The van der Waals surface area contributed by atoms with Gasteiger partial charge in [-0.25, -0.2) is 9.59 Å². The number of carbonyl (C=O) groups excluding carboxylic acids is 2. The van der Waals surface area contributed by atoms with Crippen molar-refractivity contribution in [2.24, 2.45) is 0 Å². The van der Waals surface area contributed by atoms with E-state index in [1.807, 2.05) is 0 Å². The van der Waals surface area contributed by atoms with Crippen molar-refractivity contribution < 1.29 is 34.4 Å². The van der Waals surface area contributed by atoms with E-state index in [4.69, 9.17) is 20.1 Å². The van der Waals surface area contributed by atoms with Crippen LogP contribution in [0.1, 0.15) is 5.56 Å². The number of rotatable bonds is 7. The van der Waals surface area contributed by atoms with Crippen molar-refractivity contribution >= 4 is 23.6 Å². The molecule has 0 heterocycles. The number of amides is 2. The Hall–Kier alpha value is -3.20. The molecule has 0 spiro atoms. The van der Waals surface area contributed by atoms with Gasteiger partial charge in [0.15, 0.2) is 12.4 Å². The summed E-state index contributed by atoms with van der Waals surface area (Å²) in [5.74, 6) is -0.501. The Labute approximate surface area is 144 Å². The first-order chi connectivity index (χ1) is 12.0. The van der Waals surface area contributed by atoms with E-state index in [0.29, 0.717) is 17.6 Å². The summed E-state index contributed by atoms with van der Waals surface area (Å²) in [6.45, 7) is 1.15. The van der Waals surface area contributed by atoms with Crippen molar-refractivity contribution in [3.8, 4) is 0 Å². The predicted molar refractivity (Wildman–Crippen MR) is 90.7 cm³/mol. The van der Waals surface area contributed by atoms with Crippen molar-refractivity contribution in [2.75, 3.05) is 30.5 Å². The van der Waals surface area contributed by atoms with Crippen LogP contribution in [0.3, 0.4) is 0 Å². The fourth-order valence-electron chi connectivity index (χ4n) is 1.58. The number of aliphatic hydroxyl groups excluding tert-OH is 3. The minimum absolute atomic E-state index is 0.0115. The van der Waals surface area contributed by atoms with Gasteiger partial charge in [-0.1, -0.05) is 12.1 Å². The van der Waals surface area contributed by atoms with Crippen molar-refractivity contribution in [3.05, 3.63) is 47.9 Å². The van der Waals surface area contributed by atoms with E-state index in [2.05, 4.69) is 15.4 Å². The van der Waals surface area contributed by atoms with E-state index >= 15 is 0 Å². The number of anilines is 2. The highest BCUT2D eigenvalue weighted by Crippen LogP contribution is 2.20. The van der Waals surface area contributed by atoms with Crippen LogP contribution in [-0.2, 0) is 9.47 Å². The van der Waals surface area contributed by atoms with Crippen LogP contribution in [0.2, 0.25) is 0 Å². The SMILES string of the molecule is Cc1ccc(NC(=O)OCC(O)=CO)cc1NC(=O)OCC=CCO. The zero-order chi connectivity index (χ0) is 18.7. The lowest BCUT2D eigenvalue weighted by Gasteiger charge is -2.11. The van der Waals surface area contributed by atoms with Crippen LogP contribution in [0.4, 0.5) is 21.0 Å². The Morgan fingerprint density at radius 3 is 2.56 bits per heavy atom. The first-order valence-corrected chi connectivity index (χ1v) is 7.22. The molecule has 0 bridgehead atoms. The third-order valence-corrected chi connectivity index (χ3v) is 2.80. The third kappa shape index (κ3) is 7.75. The molecule has 0 aliphatic heterocycles. The van der Waals surface area contributed by atoms with Crippen LogP contribution >= 0.6 is 0 Å². The molecular formula is C16H20N2O7. The summed E-state index contributed by atoms with van der Waals surface area (Å²) >= 11 is 0. The van der Waals surface area contributed by atoms with Crippen molar-refractivity contribution in [1.82, 2.24) is 0 Å². The lowest BCUT2D eigenvalue weighted by atomic mass is 10.2. The minimum atomic E-state index is -0.847. The van der Waals surface area contributed by atoms with Crippen LogP contribution in [0, 0.1) is 6.92 Å². The number of benzene rings is 1. The summed E-state index contributed by atoms with van der Waals surface area (Å²) in [6.07, 6.45) is 1.82. The molecule has 0 saturated carbocycles. The maximum atomic E-state index is 11.7. The molecule has 5 N–H and O–H groups in total. The normalized spacial score (nSPS) is 11.2. The average Bonchev–Trinajstić information content (AvgIpc) is 2.59. The second kappa shape index (κ2) is 10.6. The topological polar surface area (TPSA) is 137 Å². The van der Waals surface area contributed by atoms with Crippen LogP contribution in [-0.4, -0.2) is 47.3 Å². The van der Waals surface area contributed by atoms with Crippen molar-refractivity contribution in [1.29, 1.82) is 0 Å². The molecule has 136 valence electrons. The van der Waals surface area contributed by atoms with Gasteiger partial charge in [0.25, 0.3) is 0 Å². The van der Waals surface area contributed by atoms with Crippen LogP contribution in [0.5, 0.6) is 0 Å². The molecule has 0 fully saturated rings. The summed E-state index contributed by atoms with van der Waals surface area (Å²) in [5, 5.41) is 31.0. The molecule has 0 saturated heterocycles. The van der Waals surface area contributed by atoms with Gasteiger partial charge in [0.05, 0.1) is 6.61 Å². The lowest BCUT2D eigenvalue weighted by molar-refractivity contribution is 0.153. The van der Waals surface area contributed by atoms with E-state index < -0.39 is 24.6 Å². The Kier molecular flexibility index (Phi) is 8.38. The second-order valence-electron chi connectivity index (χ2n) is 4.73. The van der Waals surface area contributed by atoms with E-state index in [0.717, 1.165) is 5.56 Å². The molecular weight excluding hydrogens is 332 g/mol. The van der Waals surface area contributed by atoms with E-state index in [1.54, 1.807) is 19.1 Å². The molecule has 9 nitrogen and oxygen atoms in total. The van der Waals surface area contributed by atoms with Gasteiger partial charge >= 0.3 is 12.2 Å². The lowest BCUT2D eigenvalue weighted by Crippen LogP contribution is -2.17. The maximum Gasteiger partial charge on any atom is 0.412 e. The molecule has 0 unspecified atom stereocenters. The molecule has 0 atom stereocenters. The molecule has 1 aromatic carbocycles. The van der Waals surface area contributed by atoms with Gasteiger partial charge in [0, 0.05) is 11.4 Å². The smallest absolute Gasteiger partial charge is 0.412 e.